The minimum absolute atomic E-state index is 0.192. The average Bonchev–Trinajstić information content (AvgIpc) is 3.27. The lowest BCUT2D eigenvalue weighted by Gasteiger charge is -2.16. The maximum Gasteiger partial charge on any atom is 0.248 e. The van der Waals surface area contributed by atoms with Crippen molar-refractivity contribution in [2.75, 3.05) is 18.4 Å². The molecule has 1 aromatic carbocycles. The van der Waals surface area contributed by atoms with Crippen LogP contribution in [-0.2, 0) is 14.8 Å². The van der Waals surface area contributed by atoms with Crippen molar-refractivity contribution in [2.24, 2.45) is 0 Å². The van der Waals surface area contributed by atoms with Crippen LogP contribution in [0.5, 0.6) is 0 Å². The second-order valence-corrected chi connectivity index (χ2v) is 7.41. The molecule has 0 unspecified atom stereocenters. The molecule has 3 rings (SSSR count). The number of benzene rings is 1. The molecule has 1 saturated heterocycles. The van der Waals surface area contributed by atoms with Crippen molar-refractivity contribution in [3.63, 3.8) is 0 Å². The summed E-state index contributed by atoms with van der Waals surface area (Å²) in [6.45, 7) is 1.09. The molecule has 1 aliphatic rings. The number of sulfonamides is 1. The first-order valence-electron chi connectivity index (χ1n) is 7.68. The lowest BCUT2D eigenvalue weighted by molar-refractivity contribution is -0.111. The molecule has 1 N–H and O–H groups in total. The molecule has 2 aromatic rings. The van der Waals surface area contributed by atoms with Crippen LogP contribution in [0.4, 0.5) is 5.69 Å². The predicted octanol–water partition coefficient (Wildman–Crippen LogP) is 2.72. The predicted molar refractivity (Wildman–Crippen MR) is 90.8 cm³/mol. The number of hydrogen-bond donors (Lipinski definition) is 1. The van der Waals surface area contributed by atoms with Gasteiger partial charge in [0.05, 0.1) is 11.2 Å². The Kier molecular flexibility index (Phi) is 4.82. The van der Waals surface area contributed by atoms with Crippen molar-refractivity contribution < 1.29 is 17.6 Å². The maximum absolute atomic E-state index is 12.5. The van der Waals surface area contributed by atoms with Gasteiger partial charge >= 0.3 is 0 Å². The Morgan fingerprint density at radius 3 is 2.67 bits per heavy atom. The van der Waals surface area contributed by atoms with Gasteiger partial charge in [0.15, 0.2) is 0 Å². The zero-order valence-corrected chi connectivity index (χ0v) is 13.8. The van der Waals surface area contributed by atoms with Crippen molar-refractivity contribution >= 4 is 27.7 Å². The monoisotopic (exact) mass is 346 g/mol. The van der Waals surface area contributed by atoms with Gasteiger partial charge in [0, 0.05) is 24.9 Å². The molecule has 0 aliphatic carbocycles. The third kappa shape index (κ3) is 3.74. The Balaban J connectivity index is 1.72. The number of amides is 1. The molecule has 0 saturated carbocycles. The third-order valence-corrected chi connectivity index (χ3v) is 5.64. The molecule has 0 atom stereocenters. The lowest BCUT2D eigenvalue weighted by atomic mass is 10.3. The zero-order valence-electron chi connectivity index (χ0n) is 13.0. The van der Waals surface area contributed by atoms with Crippen molar-refractivity contribution in [1.29, 1.82) is 0 Å². The van der Waals surface area contributed by atoms with Gasteiger partial charge in [0.25, 0.3) is 0 Å². The van der Waals surface area contributed by atoms with E-state index in [1.54, 1.807) is 36.4 Å². The van der Waals surface area contributed by atoms with Crippen LogP contribution < -0.4 is 5.32 Å². The second kappa shape index (κ2) is 7.02. The Morgan fingerprint density at radius 2 is 1.96 bits per heavy atom. The number of nitrogens with one attached hydrogen (secondary N) is 1. The number of anilines is 1. The minimum Gasteiger partial charge on any atom is -0.465 e. The van der Waals surface area contributed by atoms with Crippen LogP contribution in [0.25, 0.3) is 6.08 Å². The highest BCUT2D eigenvalue weighted by molar-refractivity contribution is 7.89. The van der Waals surface area contributed by atoms with E-state index in [0.717, 1.165) is 12.8 Å². The van der Waals surface area contributed by atoms with Gasteiger partial charge in [-0.1, -0.05) is 6.07 Å². The number of carbonyl (C=O) groups excluding carboxylic acids is 1. The SMILES string of the molecule is O=C(/C=C/c1ccco1)Nc1cccc(S(=O)(=O)N2CCCC2)c1. The first kappa shape index (κ1) is 16.5. The lowest BCUT2D eigenvalue weighted by Crippen LogP contribution is -2.27. The van der Waals surface area contributed by atoms with Gasteiger partial charge in [-0.05, 0) is 49.2 Å². The van der Waals surface area contributed by atoms with Gasteiger partial charge in [-0.15, -0.1) is 0 Å². The molecule has 24 heavy (non-hydrogen) atoms. The number of furan rings is 1. The maximum atomic E-state index is 12.5. The van der Waals surface area contributed by atoms with Crippen molar-refractivity contribution in [1.82, 2.24) is 4.31 Å². The number of rotatable bonds is 5. The van der Waals surface area contributed by atoms with Crippen LogP contribution in [0.3, 0.4) is 0 Å². The van der Waals surface area contributed by atoms with Gasteiger partial charge < -0.3 is 9.73 Å². The van der Waals surface area contributed by atoms with Gasteiger partial charge in [-0.2, -0.15) is 4.31 Å². The molecule has 1 fully saturated rings. The summed E-state index contributed by atoms with van der Waals surface area (Å²) in [6, 6.07) is 9.75. The number of nitrogens with zero attached hydrogens (tertiary/aromatic N) is 1. The highest BCUT2D eigenvalue weighted by atomic mass is 32.2. The van der Waals surface area contributed by atoms with E-state index in [2.05, 4.69) is 5.32 Å². The summed E-state index contributed by atoms with van der Waals surface area (Å²) in [7, 11) is -3.50. The van der Waals surface area contributed by atoms with Gasteiger partial charge in [-0.3, -0.25) is 4.79 Å². The van der Waals surface area contributed by atoms with Crippen molar-refractivity contribution in [2.45, 2.75) is 17.7 Å². The van der Waals surface area contributed by atoms with Crippen LogP contribution in [0, 0.1) is 0 Å². The summed E-state index contributed by atoms with van der Waals surface area (Å²) < 4.78 is 31.7. The normalized spacial score (nSPS) is 15.8. The first-order valence-corrected chi connectivity index (χ1v) is 9.12. The van der Waals surface area contributed by atoms with Gasteiger partial charge in [0.2, 0.25) is 15.9 Å². The molecule has 0 radical (unpaired) electrons. The fraction of sp³-hybridized carbons (Fsp3) is 0.235. The average molecular weight is 346 g/mol. The van der Waals surface area contributed by atoms with Gasteiger partial charge in [-0.25, -0.2) is 8.42 Å². The van der Waals surface area contributed by atoms with Crippen molar-refractivity contribution in [3.05, 3.63) is 54.5 Å². The number of hydrogen-bond acceptors (Lipinski definition) is 4. The Bertz CT molecular complexity index is 835. The van der Waals surface area contributed by atoms with Crippen LogP contribution in [0.1, 0.15) is 18.6 Å². The van der Waals surface area contributed by atoms with E-state index in [9.17, 15) is 13.2 Å². The Labute approximate surface area is 140 Å². The largest absolute Gasteiger partial charge is 0.465 e. The Morgan fingerprint density at radius 1 is 1.17 bits per heavy atom. The summed E-state index contributed by atoms with van der Waals surface area (Å²) in [4.78, 5) is 12.1. The van der Waals surface area contributed by atoms with E-state index < -0.39 is 10.0 Å². The van der Waals surface area contributed by atoms with E-state index in [4.69, 9.17) is 4.42 Å². The molecule has 1 aromatic heterocycles. The highest BCUT2D eigenvalue weighted by Crippen LogP contribution is 2.23. The van der Waals surface area contributed by atoms with E-state index in [1.165, 1.54) is 22.7 Å². The van der Waals surface area contributed by atoms with Crippen LogP contribution >= 0.6 is 0 Å². The quantitative estimate of drug-likeness (QED) is 0.844. The molecule has 0 spiro atoms. The summed E-state index contributed by atoms with van der Waals surface area (Å²) in [5, 5.41) is 2.66. The van der Waals surface area contributed by atoms with E-state index in [0.29, 0.717) is 24.5 Å². The van der Waals surface area contributed by atoms with E-state index >= 15 is 0 Å². The van der Waals surface area contributed by atoms with Crippen LogP contribution in [-0.4, -0.2) is 31.7 Å². The molecule has 1 amide bonds. The standard InChI is InChI=1S/C17H18N2O4S/c20-17(9-8-15-6-4-12-23-15)18-14-5-3-7-16(13-14)24(21,22)19-10-1-2-11-19/h3-9,12-13H,1-2,10-11H2,(H,18,20)/b9-8+. The minimum atomic E-state index is -3.50. The van der Waals surface area contributed by atoms with Crippen molar-refractivity contribution in [3.8, 4) is 0 Å². The molecule has 2 heterocycles. The smallest absolute Gasteiger partial charge is 0.248 e. The second-order valence-electron chi connectivity index (χ2n) is 5.48. The third-order valence-electron chi connectivity index (χ3n) is 3.75. The molecule has 6 nitrogen and oxygen atoms in total. The Hall–Kier alpha value is -2.38. The summed E-state index contributed by atoms with van der Waals surface area (Å²) in [5.41, 5.74) is 0.435. The van der Waals surface area contributed by atoms with Crippen LogP contribution in [0.2, 0.25) is 0 Å². The zero-order chi connectivity index (χ0) is 17.0. The van der Waals surface area contributed by atoms with Gasteiger partial charge in [0.1, 0.15) is 5.76 Å². The molecule has 7 heteroatoms. The molecule has 1 aliphatic heterocycles. The topological polar surface area (TPSA) is 79.6 Å². The van der Waals surface area contributed by atoms with E-state index in [-0.39, 0.29) is 10.8 Å². The fourth-order valence-corrected chi connectivity index (χ4v) is 4.10. The molecule has 126 valence electrons. The molecule has 0 bridgehead atoms. The number of carbonyl (C=O) groups is 1. The van der Waals surface area contributed by atoms with E-state index in [1.807, 2.05) is 0 Å². The summed E-state index contributed by atoms with van der Waals surface area (Å²) >= 11 is 0. The van der Waals surface area contributed by atoms with Crippen LogP contribution in [0.15, 0.2) is 58.1 Å². The summed E-state index contributed by atoms with van der Waals surface area (Å²) in [6.07, 6.45) is 6.16. The molecular weight excluding hydrogens is 328 g/mol. The first-order chi connectivity index (χ1) is 11.6. The molecular formula is C17H18N2O4S. The fourth-order valence-electron chi connectivity index (χ4n) is 2.54. The highest BCUT2D eigenvalue weighted by Gasteiger charge is 2.27. The summed E-state index contributed by atoms with van der Waals surface area (Å²) in [5.74, 6) is 0.206.